The van der Waals surface area contributed by atoms with E-state index in [0.29, 0.717) is 19.4 Å². The van der Waals surface area contributed by atoms with Gasteiger partial charge in [0.2, 0.25) is 11.8 Å². The van der Waals surface area contributed by atoms with Crippen molar-refractivity contribution in [3.63, 3.8) is 0 Å². The smallest absolute Gasteiger partial charge is 0.245 e. The Morgan fingerprint density at radius 2 is 2.21 bits per heavy atom. The van der Waals surface area contributed by atoms with Crippen LogP contribution in [0.5, 0.6) is 0 Å². The number of guanidine groups is 1. The number of halogens is 1. The highest BCUT2D eigenvalue weighted by molar-refractivity contribution is 5.97. The molecule has 2 aliphatic heterocycles. The number of hydrogen-bond donors (Lipinski definition) is 3. The zero-order valence-corrected chi connectivity index (χ0v) is 10.5. The number of nitrogens with zero attached hydrogens (tertiary/aromatic N) is 2. The van der Waals surface area contributed by atoms with Crippen LogP contribution in [0.25, 0.3) is 0 Å². The lowest BCUT2D eigenvalue weighted by molar-refractivity contribution is -0.147. The maximum absolute atomic E-state index is 13.3. The lowest BCUT2D eigenvalue weighted by Crippen LogP contribution is -2.61. The molecule has 2 rings (SSSR count). The molecule has 0 aromatic carbocycles. The summed E-state index contributed by atoms with van der Waals surface area (Å²) in [6, 6.07) is -1.24. The molecular weight excluding hydrogens is 253 g/mol. The van der Waals surface area contributed by atoms with Crippen LogP contribution in [0.4, 0.5) is 4.39 Å². The molecule has 106 valence electrons. The molecule has 0 saturated carbocycles. The molecule has 2 amide bonds. The van der Waals surface area contributed by atoms with E-state index in [9.17, 15) is 14.0 Å². The minimum absolute atomic E-state index is 0.00103. The van der Waals surface area contributed by atoms with Crippen molar-refractivity contribution in [2.24, 2.45) is 16.5 Å². The second kappa shape index (κ2) is 5.41. The van der Waals surface area contributed by atoms with E-state index in [1.54, 1.807) is 0 Å². The van der Waals surface area contributed by atoms with Crippen molar-refractivity contribution in [1.82, 2.24) is 10.2 Å². The number of carbonyl (C=O) groups is 2. The first-order chi connectivity index (χ1) is 8.99. The van der Waals surface area contributed by atoms with Gasteiger partial charge < -0.3 is 21.7 Å². The van der Waals surface area contributed by atoms with Crippen molar-refractivity contribution >= 4 is 17.8 Å². The van der Waals surface area contributed by atoms with E-state index in [-0.39, 0.29) is 30.7 Å². The number of carbonyl (C=O) groups excluding carboxylic acids is 2. The Hall–Kier alpha value is -1.86. The molecule has 0 aromatic rings. The third-order valence-corrected chi connectivity index (χ3v) is 3.40. The molecule has 0 aliphatic carbocycles. The van der Waals surface area contributed by atoms with E-state index in [0.717, 1.165) is 0 Å². The van der Waals surface area contributed by atoms with E-state index in [2.05, 4.69) is 10.3 Å². The van der Waals surface area contributed by atoms with E-state index >= 15 is 0 Å². The number of rotatable bonds is 4. The summed E-state index contributed by atoms with van der Waals surface area (Å²) in [7, 11) is 0. The number of aliphatic imine (C=N–C) groups is 1. The molecule has 0 radical (unpaired) electrons. The summed E-state index contributed by atoms with van der Waals surface area (Å²) in [5.74, 6) is -0.486. The predicted octanol–water partition coefficient (Wildman–Crippen LogP) is -1.52. The zero-order valence-electron chi connectivity index (χ0n) is 10.5. The Kier molecular flexibility index (Phi) is 3.87. The quantitative estimate of drug-likeness (QED) is 0.327. The van der Waals surface area contributed by atoms with Gasteiger partial charge in [0, 0.05) is 13.0 Å². The van der Waals surface area contributed by atoms with Gasteiger partial charge in [-0.1, -0.05) is 0 Å². The van der Waals surface area contributed by atoms with E-state index in [4.69, 9.17) is 11.5 Å². The molecule has 0 aromatic heterocycles. The van der Waals surface area contributed by atoms with E-state index in [1.165, 1.54) is 4.90 Å². The molecule has 0 spiro atoms. The summed E-state index contributed by atoms with van der Waals surface area (Å²) >= 11 is 0. The Morgan fingerprint density at radius 1 is 1.47 bits per heavy atom. The Bertz CT molecular complexity index is 410. The number of nitrogens with two attached hydrogens (primary N) is 2. The minimum Gasteiger partial charge on any atom is -0.370 e. The van der Waals surface area contributed by atoms with Crippen LogP contribution in [0.1, 0.15) is 19.3 Å². The maximum Gasteiger partial charge on any atom is 0.245 e. The molecule has 3 unspecified atom stereocenters. The highest BCUT2D eigenvalue weighted by Gasteiger charge is 2.46. The van der Waals surface area contributed by atoms with Crippen molar-refractivity contribution < 1.29 is 14.0 Å². The van der Waals surface area contributed by atoms with Crippen LogP contribution in [-0.4, -0.2) is 54.0 Å². The first kappa shape index (κ1) is 13.6. The van der Waals surface area contributed by atoms with E-state index in [1.807, 2.05) is 0 Å². The Balaban J connectivity index is 1.91. The summed E-state index contributed by atoms with van der Waals surface area (Å²) in [5.41, 5.74) is 10.4. The van der Waals surface area contributed by atoms with Crippen molar-refractivity contribution in [2.75, 3.05) is 13.1 Å². The zero-order chi connectivity index (χ0) is 14.0. The van der Waals surface area contributed by atoms with Gasteiger partial charge in [-0.05, 0) is 12.8 Å². The minimum atomic E-state index is -1.11. The fraction of sp³-hybridized carbons (Fsp3) is 0.727. The number of amides is 2. The predicted molar refractivity (Wildman–Crippen MR) is 66.9 cm³/mol. The van der Waals surface area contributed by atoms with Gasteiger partial charge in [-0.25, -0.2) is 4.39 Å². The third-order valence-electron chi connectivity index (χ3n) is 3.40. The molecule has 0 bridgehead atoms. The number of nitrogens with one attached hydrogen (secondary N) is 1. The van der Waals surface area contributed by atoms with Crippen LogP contribution < -0.4 is 16.8 Å². The van der Waals surface area contributed by atoms with Crippen molar-refractivity contribution in [3.05, 3.63) is 0 Å². The number of hydrogen-bond acceptors (Lipinski definition) is 3. The summed E-state index contributed by atoms with van der Waals surface area (Å²) in [5, 5.41) is 2.64. The van der Waals surface area contributed by atoms with Gasteiger partial charge in [0.25, 0.3) is 0 Å². The lowest BCUT2D eigenvalue weighted by atomic mass is 10.0. The largest absolute Gasteiger partial charge is 0.370 e. The standard InChI is InChI=1S/C11H18FN5O2/c12-6-4-8-9(18)16-7(10(19)17(8)5-6)2-1-3-15-11(13)14/h6-8H,1-5H2,(H,16,18)(H4,13,14,15). The summed E-state index contributed by atoms with van der Waals surface area (Å²) in [4.78, 5) is 29.0. The molecule has 8 heteroatoms. The Labute approximate surface area is 110 Å². The van der Waals surface area contributed by atoms with Gasteiger partial charge in [0.05, 0.1) is 6.54 Å². The summed E-state index contributed by atoms with van der Waals surface area (Å²) in [6.45, 7) is 0.415. The van der Waals surface area contributed by atoms with Crippen LogP contribution >= 0.6 is 0 Å². The van der Waals surface area contributed by atoms with Crippen molar-refractivity contribution in [1.29, 1.82) is 0 Å². The van der Waals surface area contributed by atoms with Crippen molar-refractivity contribution in [3.8, 4) is 0 Å². The topological polar surface area (TPSA) is 114 Å². The lowest BCUT2D eigenvalue weighted by Gasteiger charge is -2.34. The van der Waals surface area contributed by atoms with Crippen LogP contribution in [0.3, 0.4) is 0 Å². The second-order valence-corrected chi connectivity index (χ2v) is 4.85. The highest BCUT2D eigenvalue weighted by atomic mass is 19.1. The fourth-order valence-electron chi connectivity index (χ4n) is 2.51. The van der Waals surface area contributed by atoms with Crippen LogP contribution in [0, 0.1) is 0 Å². The summed E-state index contributed by atoms with van der Waals surface area (Å²) < 4.78 is 13.3. The molecule has 2 heterocycles. The van der Waals surface area contributed by atoms with Gasteiger partial charge in [-0.2, -0.15) is 0 Å². The van der Waals surface area contributed by atoms with Gasteiger partial charge in [-0.3, -0.25) is 14.6 Å². The average Bonchev–Trinajstić information content (AvgIpc) is 2.73. The number of alkyl halides is 1. The SMILES string of the molecule is NC(N)=NCCCC1NC(=O)C2CC(F)CN2C1=O. The molecule has 19 heavy (non-hydrogen) atoms. The molecule has 2 aliphatic rings. The van der Waals surface area contributed by atoms with Gasteiger partial charge in [-0.15, -0.1) is 0 Å². The van der Waals surface area contributed by atoms with E-state index < -0.39 is 18.3 Å². The van der Waals surface area contributed by atoms with Crippen LogP contribution in [0.15, 0.2) is 4.99 Å². The molecule has 7 nitrogen and oxygen atoms in total. The maximum atomic E-state index is 13.3. The van der Waals surface area contributed by atoms with Crippen LogP contribution in [-0.2, 0) is 9.59 Å². The monoisotopic (exact) mass is 271 g/mol. The van der Waals surface area contributed by atoms with Gasteiger partial charge in [0.1, 0.15) is 18.3 Å². The van der Waals surface area contributed by atoms with Gasteiger partial charge in [0.15, 0.2) is 5.96 Å². The highest BCUT2D eigenvalue weighted by Crippen LogP contribution is 2.25. The molecular formula is C11H18FN5O2. The summed E-state index contributed by atoms with van der Waals surface area (Å²) in [6.07, 6.45) is 0.00600. The third kappa shape index (κ3) is 2.94. The number of fused-ring (bicyclic) bond motifs is 1. The second-order valence-electron chi connectivity index (χ2n) is 4.85. The normalized spacial score (nSPS) is 29.9. The first-order valence-corrected chi connectivity index (χ1v) is 6.29. The molecule has 2 fully saturated rings. The molecule has 5 N–H and O–H groups in total. The Morgan fingerprint density at radius 3 is 2.89 bits per heavy atom. The van der Waals surface area contributed by atoms with Gasteiger partial charge >= 0.3 is 0 Å². The molecule has 3 atom stereocenters. The van der Waals surface area contributed by atoms with Crippen LogP contribution in [0.2, 0.25) is 0 Å². The molecule has 2 saturated heterocycles. The average molecular weight is 271 g/mol. The van der Waals surface area contributed by atoms with Crippen molar-refractivity contribution in [2.45, 2.75) is 37.5 Å². The first-order valence-electron chi connectivity index (χ1n) is 6.29. The number of piperazine rings is 1. The fourth-order valence-corrected chi connectivity index (χ4v) is 2.51.